The molecule has 2 atom stereocenters. The summed E-state index contributed by atoms with van der Waals surface area (Å²) in [5, 5.41) is 4.01. The number of carbonyl (C=O) groups is 1. The van der Waals surface area contributed by atoms with Gasteiger partial charge in [-0.25, -0.2) is 0 Å². The van der Waals surface area contributed by atoms with Gasteiger partial charge in [0.05, 0.1) is 29.8 Å². The van der Waals surface area contributed by atoms with Crippen LogP contribution in [0.5, 0.6) is 5.75 Å². The smallest absolute Gasteiger partial charge is 0.225 e. The summed E-state index contributed by atoms with van der Waals surface area (Å²) in [6.07, 6.45) is 3.28. The van der Waals surface area contributed by atoms with Gasteiger partial charge in [-0.15, -0.1) is 0 Å². The van der Waals surface area contributed by atoms with Crippen LogP contribution in [0.15, 0.2) is 42.5 Å². The number of piperazine rings is 1. The molecule has 1 amide bonds. The highest BCUT2D eigenvalue weighted by Crippen LogP contribution is 2.39. The summed E-state index contributed by atoms with van der Waals surface area (Å²) in [7, 11) is 1.70. The number of likely N-dealkylation sites (tertiary alicyclic amines) is 1. The molecule has 3 aliphatic rings. The van der Waals surface area contributed by atoms with Gasteiger partial charge in [0.1, 0.15) is 5.75 Å². The lowest BCUT2D eigenvalue weighted by atomic mass is 9.83. The number of hydrogen-bond acceptors (Lipinski definition) is 5. The van der Waals surface area contributed by atoms with E-state index >= 15 is 0 Å². The molecule has 0 unspecified atom stereocenters. The summed E-state index contributed by atoms with van der Waals surface area (Å²) < 4.78 is 5.50. The minimum absolute atomic E-state index is 0.0846. The Morgan fingerprint density at radius 2 is 1.91 bits per heavy atom. The Morgan fingerprint density at radius 1 is 1.09 bits per heavy atom. The van der Waals surface area contributed by atoms with Crippen molar-refractivity contribution >= 4 is 28.9 Å². The maximum absolute atomic E-state index is 13.4. The molecular weight excluding hydrogens is 436 g/mol. The second-order valence-electron chi connectivity index (χ2n) is 9.30. The van der Waals surface area contributed by atoms with Crippen molar-refractivity contribution in [3.05, 3.63) is 53.1 Å². The monoisotopic (exact) mass is 468 g/mol. The van der Waals surface area contributed by atoms with Crippen LogP contribution < -0.4 is 19.9 Å². The van der Waals surface area contributed by atoms with Gasteiger partial charge < -0.3 is 24.8 Å². The molecule has 176 valence electrons. The van der Waals surface area contributed by atoms with Gasteiger partial charge in [-0.05, 0) is 56.1 Å². The summed E-state index contributed by atoms with van der Waals surface area (Å²) in [6, 6.07) is 14.3. The summed E-state index contributed by atoms with van der Waals surface area (Å²) in [6.45, 7) is 6.42. The first-order valence-electron chi connectivity index (χ1n) is 12.1. The Balaban J connectivity index is 1.37. The quantitative estimate of drug-likeness (QED) is 0.703. The molecule has 2 aromatic carbocycles. The lowest BCUT2D eigenvalue weighted by Gasteiger charge is -2.49. The minimum atomic E-state index is -0.102. The highest BCUT2D eigenvalue weighted by molar-refractivity contribution is 6.33. The Kier molecular flexibility index (Phi) is 6.65. The second kappa shape index (κ2) is 9.82. The maximum atomic E-state index is 13.4. The molecule has 3 heterocycles. The highest BCUT2D eigenvalue weighted by atomic mass is 35.5. The van der Waals surface area contributed by atoms with Crippen molar-refractivity contribution in [3.8, 4) is 5.75 Å². The summed E-state index contributed by atoms with van der Waals surface area (Å²) >= 11 is 6.53. The number of benzene rings is 2. The fourth-order valence-corrected chi connectivity index (χ4v) is 5.86. The third-order valence-corrected chi connectivity index (χ3v) is 7.70. The molecule has 2 saturated heterocycles. The zero-order chi connectivity index (χ0) is 22.8. The molecule has 0 radical (unpaired) electrons. The molecule has 7 heteroatoms. The first-order chi connectivity index (χ1) is 16.1. The van der Waals surface area contributed by atoms with E-state index in [9.17, 15) is 4.79 Å². The van der Waals surface area contributed by atoms with Gasteiger partial charge in [0, 0.05) is 44.5 Å². The molecule has 33 heavy (non-hydrogen) atoms. The molecule has 0 bridgehead atoms. The van der Waals surface area contributed by atoms with Gasteiger partial charge in [0.25, 0.3) is 0 Å². The van der Waals surface area contributed by atoms with Crippen LogP contribution in [0.1, 0.15) is 18.4 Å². The molecule has 3 aliphatic heterocycles. The topological polar surface area (TPSA) is 48.1 Å². The standard InChI is InChI=1S/C26H33ClN4O2/c1-33-20-9-8-19-16-21(26(32)28-10-13-29-11-4-5-12-29)25-18-30(14-15-31(25)24(19)17-20)23-7-3-2-6-22(23)27/h2-3,6-9,17,21,25H,4-5,10-16,18H2,1H3,(H,28,32)/t21-,25+/m0/s1. The van der Waals surface area contributed by atoms with Crippen molar-refractivity contribution in [2.24, 2.45) is 5.92 Å². The van der Waals surface area contributed by atoms with E-state index < -0.39 is 0 Å². The van der Waals surface area contributed by atoms with Gasteiger partial charge in [-0.1, -0.05) is 29.8 Å². The van der Waals surface area contributed by atoms with E-state index in [4.69, 9.17) is 16.3 Å². The van der Waals surface area contributed by atoms with Gasteiger partial charge in [0.2, 0.25) is 5.91 Å². The van der Waals surface area contributed by atoms with Gasteiger partial charge in [-0.3, -0.25) is 4.79 Å². The number of para-hydroxylation sites is 1. The third-order valence-electron chi connectivity index (χ3n) is 7.38. The van der Waals surface area contributed by atoms with Crippen molar-refractivity contribution in [3.63, 3.8) is 0 Å². The summed E-state index contributed by atoms with van der Waals surface area (Å²) in [5.74, 6) is 0.913. The van der Waals surface area contributed by atoms with Crippen LogP contribution in [-0.2, 0) is 11.2 Å². The van der Waals surface area contributed by atoms with Crippen LogP contribution in [0.2, 0.25) is 5.02 Å². The molecule has 2 aromatic rings. The second-order valence-corrected chi connectivity index (χ2v) is 9.71. The number of nitrogens with zero attached hydrogens (tertiary/aromatic N) is 3. The number of carbonyl (C=O) groups excluding carboxylic acids is 1. The van der Waals surface area contributed by atoms with Crippen LogP contribution in [0, 0.1) is 5.92 Å². The Bertz CT molecular complexity index is 994. The zero-order valence-corrected chi connectivity index (χ0v) is 20.1. The highest BCUT2D eigenvalue weighted by Gasteiger charge is 2.42. The number of ether oxygens (including phenoxy) is 1. The molecule has 0 saturated carbocycles. The van der Waals surface area contributed by atoms with E-state index in [1.807, 2.05) is 24.3 Å². The van der Waals surface area contributed by atoms with Crippen molar-refractivity contribution in [1.82, 2.24) is 10.2 Å². The third kappa shape index (κ3) is 4.64. The molecule has 0 spiro atoms. The van der Waals surface area contributed by atoms with Gasteiger partial charge in [0.15, 0.2) is 0 Å². The first kappa shape index (κ1) is 22.4. The molecule has 0 aromatic heterocycles. The molecule has 2 fully saturated rings. The fraction of sp³-hybridized carbons (Fsp3) is 0.500. The largest absolute Gasteiger partial charge is 0.497 e. The molecular formula is C26H33ClN4O2. The van der Waals surface area contributed by atoms with Crippen molar-refractivity contribution in [1.29, 1.82) is 0 Å². The average molecular weight is 469 g/mol. The van der Waals surface area contributed by atoms with E-state index in [1.54, 1.807) is 7.11 Å². The van der Waals surface area contributed by atoms with Crippen LogP contribution in [0.3, 0.4) is 0 Å². The first-order valence-corrected chi connectivity index (χ1v) is 12.4. The van der Waals surface area contributed by atoms with Crippen LogP contribution in [0.4, 0.5) is 11.4 Å². The predicted molar refractivity (Wildman–Crippen MR) is 134 cm³/mol. The Morgan fingerprint density at radius 3 is 2.70 bits per heavy atom. The van der Waals surface area contributed by atoms with Crippen LogP contribution >= 0.6 is 11.6 Å². The number of fused-ring (bicyclic) bond motifs is 3. The van der Waals surface area contributed by atoms with E-state index in [0.29, 0.717) is 6.54 Å². The molecule has 0 aliphatic carbocycles. The van der Waals surface area contributed by atoms with Gasteiger partial charge >= 0.3 is 0 Å². The van der Waals surface area contributed by atoms with Gasteiger partial charge in [-0.2, -0.15) is 0 Å². The normalized spacial score (nSPS) is 22.6. The molecule has 1 N–H and O–H groups in total. The summed E-state index contributed by atoms with van der Waals surface area (Å²) in [5.41, 5.74) is 3.46. The van der Waals surface area contributed by atoms with E-state index in [0.717, 1.165) is 62.1 Å². The Hall–Kier alpha value is -2.44. The Labute approximate surface area is 201 Å². The predicted octanol–water partition coefficient (Wildman–Crippen LogP) is 3.43. The van der Waals surface area contributed by atoms with Crippen molar-refractivity contribution in [2.45, 2.75) is 25.3 Å². The van der Waals surface area contributed by atoms with Crippen LogP contribution in [0.25, 0.3) is 0 Å². The maximum Gasteiger partial charge on any atom is 0.225 e. The number of anilines is 2. The number of amides is 1. The SMILES string of the molecule is COc1ccc2c(c1)N1CCN(c3ccccc3Cl)C[C@@H]1[C@@H](C(=O)NCCN1CCCC1)C2. The van der Waals surface area contributed by atoms with Crippen LogP contribution in [-0.4, -0.2) is 69.8 Å². The lowest BCUT2D eigenvalue weighted by molar-refractivity contribution is -0.125. The summed E-state index contributed by atoms with van der Waals surface area (Å²) in [4.78, 5) is 20.6. The number of halogens is 1. The lowest BCUT2D eigenvalue weighted by Crippen LogP contribution is -2.61. The zero-order valence-electron chi connectivity index (χ0n) is 19.3. The molecule has 5 rings (SSSR count). The van der Waals surface area contributed by atoms with Crippen molar-refractivity contribution in [2.75, 3.05) is 62.7 Å². The van der Waals surface area contributed by atoms with Crippen molar-refractivity contribution < 1.29 is 9.53 Å². The van der Waals surface area contributed by atoms with E-state index in [1.165, 1.54) is 24.1 Å². The number of methoxy groups -OCH3 is 1. The number of nitrogens with one attached hydrogen (secondary N) is 1. The average Bonchev–Trinajstić information content (AvgIpc) is 3.36. The fourth-order valence-electron chi connectivity index (χ4n) is 5.61. The number of hydrogen-bond donors (Lipinski definition) is 1. The van der Waals surface area contributed by atoms with E-state index in [-0.39, 0.29) is 17.9 Å². The minimum Gasteiger partial charge on any atom is -0.497 e. The number of rotatable bonds is 6. The molecule has 6 nitrogen and oxygen atoms in total. The van der Waals surface area contributed by atoms with E-state index in [2.05, 4.69) is 38.2 Å².